The molecular weight excluding hydrogens is 212 g/mol. The van der Waals surface area contributed by atoms with Gasteiger partial charge in [-0.3, -0.25) is 4.79 Å². The van der Waals surface area contributed by atoms with Crippen LogP contribution in [0.4, 0.5) is 5.69 Å². The molecule has 1 heterocycles. The number of fused-ring (bicyclic) bond motifs is 1. The summed E-state index contributed by atoms with van der Waals surface area (Å²) in [7, 11) is 0. The molecule has 0 spiro atoms. The average Bonchev–Trinajstić information content (AvgIpc) is 2.25. The Labute approximate surface area is 102 Å². The van der Waals surface area contributed by atoms with Gasteiger partial charge in [0, 0.05) is 17.6 Å². The Bertz CT molecular complexity index is 432. The standard InChI is InChI=1S/C14H20N2O/c1-14(2,15)8-7-10-3-5-12-11(9-10)4-6-13(17)16-12/h3,5,9H,4,6-8,15H2,1-2H3,(H,16,17). The number of nitrogens with one attached hydrogen (secondary N) is 1. The first kappa shape index (κ1) is 12.1. The number of nitrogens with two attached hydrogens (primary N) is 1. The molecular formula is C14H20N2O. The van der Waals surface area contributed by atoms with Crippen LogP contribution in [0.1, 0.15) is 37.8 Å². The zero-order valence-corrected chi connectivity index (χ0v) is 10.5. The third kappa shape index (κ3) is 3.30. The Morgan fingerprint density at radius 1 is 1.35 bits per heavy atom. The molecule has 1 aromatic carbocycles. The summed E-state index contributed by atoms with van der Waals surface area (Å²) in [5, 5.41) is 2.90. The van der Waals surface area contributed by atoms with E-state index < -0.39 is 0 Å². The minimum Gasteiger partial charge on any atom is -0.326 e. The highest BCUT2D eigenvalue weighted by Gasteiger charge is 2.15. The van der Waals surface area contributed by atoms with Crippen molar-refractivity contribution in [1.82, 2.24) is 0 Å². The van der Waals surface area contributed by atoms with Crippen molar-refractivity contribution in [2.24, 2.45) is 5.73 Å². The Balaban J connectivity index is 2.09. The SMILES string of the molecule is CC(C)(N)CCc1ccc2c(c1)CCC(=O)N2. The molecule has 0 radical (unpaired) electrons. The molecule has 0 aliphatic carbocycles. The van der Waals surface area contributed by atoms with Crippen LogP contribution in [0.15, 0.2) is 18.2 Å². The maximum absolute atomic E-state index is 11.2. The van der Waals surface area contributed by atoms with Gasteiger partial charge in [0.05, 0.1) is 0 Å². The molecule has 3 N–H and O–H groups in total. The van der Waals surface area contributed by atoms with E-state index in [9.17, 15) is 4.79 Å². The van der Waals surface area contributed by atoms with Crippen LogP contribution in [0.25, 0.3) is 0 Å². The fourth-order valence-electron chi connectivity index (χ4n) is 2.06. The molecule has 0 saturated heterocycles. The van der Waals surface area contributed by atoms with Crippen LogP contribution in [-0.4, -0.2) is 11.4 Å². The van der Waals surface area contributed by atoms with E-state index in [1.165, 1.54) is 11.1 Å². The zero-order valence-electron chi connectivity index (χ0n) is 10.5. The number of anilines is 1. The predicted octanol–water partition coefficient (Wildman–Crippen LogP) is 2.24. The minimum atomic E-state index is -0.121. The van der Waals surface area contributed by atoms with Gasteiger partial charge in [-0.25, -0.2) is 0 Å². The predicted molar refractivity (Wildman–Crippen MR) is 70.0 cm³/mol. The molecule has 2 rings (SSSR count). The molecule has 92 valence electrons. The van der Waals surface area contributed by atoms with Gasteiger partial charge in [-0.2, -0.15) is 0 Å². The average molecular weight is 232 g/mol. The van der Waals surface area contributed by atoms with Gasteiger partial charge in [0.1, 0.15) is 0 Å². The van der Waals surface area contributed by atoms with Gasteiger partial charge in [-0.15, -0.1) is 0 Å². The third-order valence-corrected chi connectivity index (χ3v) is 3.12. The molecule has 1 aliphatic rings. The van der Waals surface area contributed by atoms with Crippen molar-refractivity contribution in [3.63, 3.8) is 0 Å². The number of carbonyl (C=O) groups excluding carboxylic acids is 1. The van der Waals surface area contributed by atoms with Crippen molar-refractivity contribution < 1.29 is 4.79 Å². The lowest BCUT2D eigenvalue weighted by atomic mass is 9.94. The maximum atomic E-state index is 11.2. The lowest BCUT2D eigenvalue weighted by molar-refractivity contribution is -0.116. The van der Waals surface area contributed by atoms with Gasteiger partial charge in [0.15, 0.2) is 0 Å². The number of carbonyl (C=O) groups is 1. The summed E-state index contributed by atoms with van der Waals surface area (Å²) in [6, 6.07) is 6.28. The van der Waals surface area contributed by atoms with Crippen LogP contribution >= 0.6 is 0 Å². The van der Waals surface area contributed by atoms with Crippen molar-refractivity contribution in [3.8, 4) is 0 Å². The van der Waals surface area contributed by atoms with Crippen molar-refractivity contribution in [3.05, 3.63) is 29.3 Å². The Kier molecular flexibility index (Phi) is 3.20. The van der Waals surface area contributed by atoms with E-state index in [-0.39, 0.29) is 11.4 Å². The largest absolute Gasteiger partial charge is 0.326 e. The molecule has 0 bridgehead atoms. The zero-order chi connectivity index (χ0) is 12.5. The van der Waals surface area contributed by atoms with Gasteiger partial charge in [0.25, 0.3) is 0 Å². The van der Waals surface area contributed by atoms with Crippen molar-refractivity contribution >= 4 is 11.6 Å². The molecule has 1 amide bonds. The lowest BCUT2D eigenvalue weighted by Gasteiger charge is -2.20. The number of aryl methyl sites for hydroxylation is 2. The second kappa shape index (κ2) is 4.49. The number of rotatable bonds is 3. The first-order valence-electron chi connectivity index (χ1n) is 6.15. The van der Waals surface area contributed by atoms with Crippen LogP contribution in [0.2, 0.25) is 0 Å². The number of hydrogen-bond acceptors (Lipinski definition) is 2. The Morgan fingerprint density at radius 3 is 2.82 bits per heavy atom. The molecule has 3 heteroatoms. The molecule has 0 atom stereocenters. The van der Waals surface area contributed by atoms with E-state index in [0.29, 0.717) is 6.42 Å². The van der Waals surface area contributed by atoms with Gasteiger partial charge in [0.2, 0.25) is 5.91 Å². The molecule has 1 aromatic rings. The molecule has 0 fully saturated rings. The Morgan fingerprint density at radius 2 is 2.12 bits per heavy atom. The van der Waals surface area contributed by atoms with E-state index in [2.05, 4.69) is 17.4 Å². The van der Waals surface area contributed by atoms with Gasteiger partial charge in [-0.05, 0) is 50.3 Å². The second-order valence-electron chi connectivity index (χ2n) is 5.53. The topological polar surface area (TPSA) is 55.1 Å². The van der Waals surface area contributed by atoms with E-state index in [1.54, 1.807) is 0 Å². The summed E-state index contributed by atoms with van der Waals surface area (Å²) >= 11 is 0. The summed E-state index contributed by atoms with van der Waals surface area (Å²) < 4.78 is 0. The van der Waals surface area contributed by atoms with Crippen LogP contribution < -0.4 is 11.1 Å². The molecule has 0 saturated carbocycles. The first-order chi connectivity index (χ1) is 7.94. The molecule has 3 nitrogen and oxygen atoms in total. The quantitative estimate of drug-likeness (QED) is 0.839. The van der Waals surface area contributed by atoms with Gasteiger partial charge >= 0.3 is 0 Å². The summed E-state index contributed by atoms with van der Waals surface area (Å²) in [6.07, 6.45) is 3.41. The maximum Gasteiger partial charge on any atom is 0.224 e. The summed E-state index contributed by atoms with van der Waals surface area (Å²) in [5.74, 6) is 0.119. The minimum absolute atomic E-state index is 0.119. The van der Waals surface area contributed by atoms with Gasteiger partial charge < -0.3 is 11.1 Å². The monoisotopic (exact) mass is 232 g/mol. The molecule has 0 aromatic heterocycles. The fraction of sp³-hybridized carbons (Fsp3) is 0.500. The highest BCUT2D eigenvalue weighted by atomic mass is 16.1. The van der Waals surface area contributed by atoms with Crippen LogP contribution in [0.3, 0.4) is 0 Å². The van der Waals surface area contributed by atoms with E-state index >= 15 is 0 Å². The van der Waals surface area contributed by atoms with Crippen molar-refractivity contribution in [2.45, 2.75) is 45.1 Å². The van der Waals surface area contributed by atoms with E-state index in [4.69, 9.17) is 5.73 Å². The van der Waals surface area contributed by atoms with Crippen molar-refractivity contribution in [1.29, 1.82) is 0 Å². The number of benzene rings is 1. The first-order valence-corrected chi connectivity index (χ1v) is 6.15. The van der Waals surface area contributed by atoms with Crippen molar-refractivity contribution in [2.75, 3.05) is 5.32 Å². The van der Waals surface area contributed by atoms with E-state index in [0.717, 1.165) is 24.9 Å². The normalized spacial score (nSPS) is 15.4. The van der Waals surface area contributed by atoms with E-state index in [1.807, 2.05) is 19.9 Å². The molecule has 1 aliphatic heterocycles. The highest BCUT2D eigenvalue weighted by molar-refractivity contribution is 5.93. The summed E-state index contributed by atoms with van der Waals surface area (Å²) in [4.78, 5) is 11.2. The van der Waals surface area contributed by atoms with Crippen LogP contribution in [-0.2, 0) is 17.6 Å². The lowest BCUT2D eigenvalue weighted by Crippen LogP contribution is -2.32. The summed E-state index contributed by atoms with van der Waals surface area (Å²) in [5.41, 5.74) is 9.38. The number of amides is 1. The fourth-order valence-corrected chi connectivity index (χ4v) is 2.06. The molecule has 17 heavy (non-hydrogen) atoms. The molecule has 0 unspecified atom stereocenters. The smallest absolute Gasteiger partial charge is 0.224 e. The third-order valence-electron chi connectivity index (χ3n) is 3.12. The Hall–Kier alpha value is -1.35. The second-order valence-corrected chi connectivity index (χ2v) is 5.53. The highest BCUT2D eigenvalue weighted by Crippen LogP contribution is 2.24. The van der Waals surface area contributed by atoms with Crippen LogP contribution in [0.5, 0.6) is 0 Å². The van der Waals surface area contributed by atoms with Crippen LogP contribution in [0, 0.1) is 0 Å². The summed E-state index contributed by atoms with van der Waals surface area (Å²) in [6.45, 7) is 4.09. The van der Waals surface area contributed by atoms with Gasteiger partial charge in [-0.1, -0.05) is 12.1 Å². The number of hydrogen-bond donors (Lipinski definition) is 2.